The molecule has 2 aliphatic rings. The van der Waals surface area contributed by atoms with E-state index < -0.39 is 5.72 Å². The van der Waals surface area contributed by atoms with Crippen LogP contribution in [0.5, 0.6) is 5.75 Å². The van der Waals surface area contributed by atoms with Crippen LogP contribution in [0, 0.1) is 0 Å². The number of carbonyl (C=O) groups is 1. The Labute approximate surface area is 138 Å². The molecule has 1 aromatic carbocycles. The lowest BCUT2D eigenvalue weighted by molar-refractivity contribution is -0.115. The van der Waals surface area contributed by atoms with Gasteiger partial charge >= 0.3 is 0 Å². The highest BCUT2D eigenvalue weighted by molar-refractivity contribution is 9.10. The van der Waals surface area contributed by atoms with E-state index in [0.717, 1.165) is 22.3 Å². The zero-order valence-electron chi connectivity index (χ0n) is 13.0. The fourth-order valence-corrected chi connectivity index (χ4v) is 3.66. The number of aryl methyl sites for hydroxylation is 1. The standard InChI is InChI=1S/C17H18BrNO3/c1-5-12-6-13(18)16-14(7-12)19-17(22-16)8-9(2)21-11(4)15(17)10(3)20/h6-8,19H,5H2,1-4H3. The largest absolute Gasteiger partial charge is 0.466 e. The number of carbonyl (C=O) groups excluding carboxylic acids is 1. The number of halogens is 1. The van der Waals surface area contributed by atoms with Gasteiger partial charge in [0, 0.05) is 6.08 Å². The molecule has 1 N–H and O–H groups in total. The number of hydrogen-bond acceptors (Lipinski definition) is 4. The van der Waals surface area contributed by atoms with Gasteiger partial charge in [0.2, 0.25) is 5.72 Å². The molecule has 5 heteroatoms. The number of ketones is 1. The summed E-state index contributed by atoms with van der Waals surface area (Å²) in [5.41, 5.74) is 1.58. The average molecular weight is 364 g/mol. The lowest BCUT2D eigenvalue weighted by Crippen LogP contribution is -2.45. The van der Waals surface area contributed by atoms with E-state index in [4.69, 9.17) is 9.47 Å². The normalized spacial score (nSPS) is 22.7. The van der Waals surface area contributed by atoms with Crippen LogP contribution in [0.25, 0.3) is 0 Å². The Morgan fingerprint density at radius 3 is 2.73 bits per heavy atom. The maximum Gasteiger partial charge on any atom is 0.237 e. The molecule has 1 aromatic rings. The highest BCUT2D eigenvalue weighted by atomic mass is 79.9. The molecule has 116 valence electrons. The Balaban J connectivity index is 2.14. The molecule has 0 saturated heterocycles. The van der Waals surface area contributed by atoms with Gasteiger partial charge in [-0.3, -0.25) is 4.79 Å². The Hall–Kier alpha value is -1.75. The van der Waals surface area contributed by atoms with Crippen molar-refractivity contribution in [3.63, 3.8) is 0 Å². The van der Waals surface area contributed by atoms with Gasteiger partial charge in [0.05, 0.1) is 10.2 Å². The van der Waals surface area contributed by atoms with Crippen molar-refractivity contribution in [2.24, 2.45) is 0 Å². The molecule has 2 heterocycles. The molecule has 1 spiro atoms. The van der Waals surface area contributed by atoms with Gasteiger partial charge in [-0.05, 0) is 60.8 Å². The number of nitrogens with one attached hydrogen (secondary N) is 1. The van der Waals surface area contributed by atoms with Crippen LogP contribution in [0.1, 0.15) is 33.3 Å². The fraction of sp³-hybridized carbons (Fsp3) is 0.353. The molecule has 4 nitrogen and oxygen atoms in total. The van der Waals surface area contributed by atoms with Crippen molar-refractivity contribution in [3.8, 4) is 5.75 Å². The zero-order chi connectivity index (χ0) is 16.1. The first-order valence-electron chi connectivity index (χ1n) is 7.25. The monoisotopic (exact) mass is 363 g/mol. The van der Waals surface area contributed by atoms with E-state index in [2.05, 4.69) is 34.2 Å². The number of fused-ring (bicyclic) bond motifs is 1. The zero-order valence-corrected chi connectivity index (χ0v) is 14.6. The third kappa shape index (κ3) is 2.24. The van der Waals surface area contributed by atoms with Gasteiger partial charge in [-0.2, -0.15) is 0 Å². The number of benzene rings is 1. The van der Waals surface area contributed by atoms with Crippen molar-refractivity contribution in [3.05, 3.63) is 45.3 Å². The molecule has 0 fully saturated rings. The van der Waals surface area contributed by atoms with Crippen LogP contribution in [0.15, 0.2) is 39.8 Å². The second kappa shape index (κ2) is 5.16. The summed E-state index contributed by atoms with van der Waals surface area (Å²) < 4.78 is 12.7. The molecule has 22 heavy (non-hydrogen) atoms. The van der Waals surface area contributed by atoms with Gasteiger partial charge < -0.3 is 14.8 Å². The van der Waals surface area contributed by atoms with Crippen LogP contribution in [-0.4, -0.2) is 11.5 Å². The number of anilines is 1. The van der Waals surface area contributed by atoms with Crippen molar-refractivity contribution in [2.45, 2.75) is 39.8 Å². The summed E-state index contributed by atoms with van der Waals surface area (Å²) in [4.78, 5) is 12.1. The molecule has 0 saturated carbocycles. The van der Waals surface area contributed by atoms with E-state index in [9.17, 15) is 4.79 Å². The van der Waals surface area contributed by atoms with Crippen molar-refractivity contribution in [1.29, 1.82) is 0 Å². The molecule has 0 amide bonds. The molecule has 2 aliphatic heterocycles. The van der Waals surface area contributed by atoms with Gasteiger partial charge in [0.1, 0.15) is 17.1 Å². The van der Waals surface area contributed by atoms with Crippen LogP contribution in [0.3, 0.4) is 0 Å². The first kappa shape index (κ1) is 15.2. The SMILES string of the molecule is CCc1cc(Br)c2c(c1)NC1(C=C(C)OC(C)=C1C(C)=O)O2. The van der Waals surface area contributed by atoms with Crippen LogP contribution >= 0.6 is 15.9 Å². The Morgan fingerprint density at radius 1 is 1.36 bits per heavy atom. The molecule has 0 aromatic heterocycles. The van der Waals surface area contributed by atoms with E-state index in [1.165, 1.54) is 12.5 Å². The molecule has 0 radical (unpaired) electrons. The number of allylic oxidation sites excluding steroid dienone is 2. The van der Waals surface area contributed by atoms with Crippen LogP contribution < -0.4 is 10.1 Å². The fourth-order valence-electron chi connectivity index (χ4n) is 3.07. The van der Waals surface area contributed by atoms with Gasteiger partial charge in [-0.1, -0.05) is 6.92 Å². The third-order valence-corrected chi connectivity index (χ3v) is 4.48. The van der Waals surface area contributed by atoms with E-state index in [0.29, 0.717) is 17.1 Å². The van der Waals surface area contributed by atoms with Gasteiger partial charge in [0.25, 0.3) is 0 Å². The number of rotatable bonds is 2. The smallest absolute Gasteiger partial charge is 0.237 e. The third-order valence-electron chi connectivity index (χ3n) is 3.89. The Bertz CT molecular complexity index is 736. The molecule has 0 bridgehead atoms. The number of Topliss-reactive ketones (excluding diaryl/α,β-unsaturated/α-hetero) is 1. The molecular formula is C17H18BrNO3. The average Bonchev–Trinajstić information content (AvgIpc) is 2.75. The topological polar surface area (TPSA) is 47.6 Å². The second-order valence-corrected chi connectivity index (χ2v) is 6.47. The summed E-state index contributed by atoms with van der Waals surface area (Å²) in [5, 5.41) is 3.37. The molecule has 0 aliphatic carbocycles. The first-order chi connectivity index (χ1) is 10.4. The first-order valence-corrected chi connectivity index (χ1v) is 8.05. The minimum atomic E-state index is -0.991. The minimum Gasteiger partial charge on any atom is -0.466 e. The second-order valence-electron chi connectivity index (χ2n) is 5.62. The molecule has 3 rings (SSSR count). The van der Waals surface area contributed by atoms with E-state index >= 15 is 0 Å². The highest BCUT2D eigenvalue weighted by Crippen LogP contribution is 2.48. The summed E-state index contributed by atoms with van der Waals surface area (Å²) in [7, 11) is 0. The summed E-state index contributed by atoms with van der Waals surface area (Å²) in [6.45, 7) is 7.26. The predicted molar refractivity (Wildman–Crippen MR) is 88.7 cm³/mol. The summed E-state index contributed by atoms with van der Waals surface area (Å²) >= 11 is 3.56. The van der Waals surface area contributed by atoms with Crippen molar-refractivity contribution < 1.29 is 14.3 Å². The van der Waals surface area contributed by atoms with Crippen LogP contribution in [0.2, 0.25) is 0 Å². The summed E-state index contributed by atoms with van der Waals surface area (Å²) in [5.74, 6) is 1.91. The maximum atomic E-state index is 12.1. The lowest BCUT2D eigenvalue weighted by Gasteiger charge is -2.32. The molecule has 1 unspecified atom stereocenters. The van der Waals surface area contributed by atoms with Crippen molar-refractivity contribution >= 4 is 27.4 Å². The number of ether oxygens (including phenoxy) is 2. The van der Waals surface area contributed by atoms with E-state index in [1.54, 1.807) is 6.92 Å². The van der Waals surface area contributed by atoms with Gasteiger partial charge in [-0.15, -0.1) is 0 Å². The Morgan fingerprint density at radius 2 is 2.09 bits per heavy atom. The van der Waals surface area contributed by atoms with Crippen molar-refractivity contribution in [2.75, 3.05) is 5.32 Å². The maximum absolute atomic E-state index is 12.1. The summed E-state index contributed by atoms with van der Waals surface area (Å²) in [6.07, 6.45) is 2.74. The molecular weight excluding hydrogens is 346 g/mol. The highest BCUT2D eigenvalue weighted by Gasteiger charge is 2.47. The summed E-state index contributed by atoms with van der Waals surface area (Å²) in [6, 6.07) is 4.10. The minimum absolute atomic E-state index is 0.0756. The van der Waals surface area contributed by atoms with Gasteiger partial charge in [0.15, 0.2) is 11.5 Å². The predicted octanol–water partition coefficient (Wildman–Crippen LogP) is 4.31. The quantitative estimate of drug-likeness (QED) is 0.850. The lowest BCUT2D eigenvalue weighted by atomic mass is 9.95. The van der Waals surface area contributed by atoms with Crippen molar-refractivity contribution in [1.82, 2.24) is 0 Å². The molecule has 1 atom stereocenters. The number of hydrogen-bond donors (Lipinski definition) is 1. The van der Waals surface area contributed by atoms with Crippen LogP contribution in [0.4, 0.5) is 5.69 Å². The van der Waals surface area contributed by atoms with Crippen LogP contribution in [-0.2, 0) is 16.0 Å². The van der Waals surface area contributed by atoms with E-state index in [-0.39, 0.29) is 5.78 Å². The Kier molecular flexibility index (Phi) is 3.56. The van der Waals surface area contributed by atoms with E-state index in [1.807, 2.05) is 19.1 Å². The van der Waals surface area contributed by atoms with Gasteiger partial charge in [-0.25, -0.2) is 0 Å².